The van der Waals surface area contributed by atoms with Gasteiger partial charge in [-0.15, -0.1) is 11.3 Å². The lowest BCUT2D eigenvalue weighted by molar-refractivity contribution is 0.191. The molecule has 1 aromatic rings. The Hall–Kier alpha value is 0.1000. The third-order valence-corrected chi connectivity index (χ3v) is 5.56. The number of aliphatic hydroxyl groups is 1. The maximum Gasteiger partial charge on any atom is 0.0701 e. The van der Waals surface area contributed by atoms with Crippen LogP contribution in [0.3, 0.4) is 0 Å². The van der Waals surface area contributed by atoms with Crippen molar-refractivity contribution in [2.24, 2.45) is 11.8 Å². The Morgan fingerprint density at radius 1 is 1.47 bits per heavy atom. The summed E-state index contributed by atoms with van der Waals surface area (Å²) in [4.78, 5) is 1.37. The summed E-state index contributed by atoms with van der Waals surface area (Å²) in [5.74, 6) is 1.18. The Balaban J connectivity index is 1.81. The van der Waals surface area contributed by atoms with Crippen molar-refractivity contribution >= 4 is 27.3 Å². The fourth-order valence-electron chi connectivity index (χ4n) is 2.61. The van der Waals surface area contributed by atoms with Gasteiger partial charge in [-0.3, -0.25) is 0 Å². The van der Waals surface area contributed by atoms with Gasteiger partial charge in [0.1, 0.15) is 0 Å². The number of nitrogens with one attached hydrogen (secondary N) is 1. The van der Waals surface area contributed by atoms with Crippen LogP contribution in [-0.4, -0.2) is 18.3 Å². The van der Waals surface area contributed by atoms with Crippen LogP contribution in [0.1, 0.15) is 37.1 Å². The van der Waals surface area contributed by atoms with Gasteiger partial charge in [0, 0.05) is 17.5 Å². The van der Waals surface area contributed by atoms with Gasteiger partial charge in [-0.05, 0) is 66.2 Å². The minimum Gasteiger partial charge on any atom is -0.396 e. The van der Waals surface area contributed by atoms with E-state index in [1.807, 2.05) is 0 Å². The Morgan fingerprint density at radius 2 is 2.24 bits per heavy atom. The first-order chi connectivity index (χ1) is 8.20. The van der Waals surface area contributed by atoms with E-state index in [2.05, 4.69) is 40.3 Å². The van der Waals surface area contributed by atoms with Gasteiger partial charge >= 0.3 is 0 Å². The van der Waals surface area contributed by atoms with E-state index in [9.17, 15) is 5.11 Å². The maximum atomic E-state index is 9.29. The van der Waals surface area contributed by atoms with E-state index in [0.29, 0.717) is 24.5 Å². The predicted molar refractivity (Wildman–Crippen MR) is 76.4 cm³/mol. The summed E-state index contributed by atoms with van der Waals surface area (Å²) >= 11 is 5.29. The smallest absolute Gasteiger partial charge is 0.0701 e. The van der Waals surface area contributed by atoms with Crippen LogP contribution in [0.2, 0.25) is 0 Å². The SMILES string of the molecule is CC(NCC1CCCC1CO)c1ccc(Br)s1. The molecule has 0 spiro atoms. The van der Waals surface area contributed by atoms with Crippen molar-refractivity contribution in [3.05, 3.63) is 20.8 Å². The average Bonchev–Trinajstić information content (AvgIpc) is 2.94. The molecular weight excluding hydrogens is 298 g/mol. The molecule has 17 heavy (non-hydrogen) atoms. The molecule has 1 aromatic heterocycles. The van der Waals surface area contributed by atoms with Crippen LogP contribution in [0, 0.1) is 11.8 Å². The fraction of sp³-hybridized carbons (Fsp3) is 0.692. The number of halogens is 1. The summed E-state index contributed by atoms with van der Waals surface area (Å²) in [6, 6.07) is 4.68. The molecule has 0 amide bonds. The molecule has 0 radical (unpaired) electrons. The van der Waals surface area contributed by atoms with Gasteiger partial charge in [-0.2, -0.15) is 0 Å². The zero-order valence-electron chi connectivity index (χ0n) is 10.2. The third kappa shape index (κ3) is 3.53. The van der Waals surface area contributed by atoms with Gasteiger partial charge in [0.05, 0.1) is 3.79 Å². The number of hydrogen-bond acceptors (Lipinski definition) is 3. The number of rotatable bonds is 5. The largest absolute Gasteiger partial charge is 0.396 e. The molecule has 0 bridgehead atoms. The Morgan fingerprint density at radius 3 is 2.88 bits per heavy atom. The second-order valence-corrected chi connectivity index (χ2v) is 7.40. The third-order valence-electron chi connectivity index (χ3n) is 3.76. The second-order valence-electron chi connectivity index (χ2n) is 4.91. The van der Waals surface area contributed by atoms with E-state index in [-0.39, 0.29) is 0 Å². The highest BCUT2D eigenvalue weighted by Gasteiger charge is 2.26. The molecule has 96 valence electrons. The molecule has 1 fully saturated rings. The molecule has 4 heteroatoms. The first-order valence-electron chi connectivity index (χ1n) is 6.30. The molecule has 0 saturated heterocycles. The van der Waals surface area contributed by atoms with E-state index in [1.54, 1.807) is 11.3 Å². The Labute approximate surface area is 116 Å². The molecule has 2 rings (SSSR count). The van der Waals surface area contributed by atoms with E-state index in [1.165, 1.54) is 27.9 Å². The monoisotopic (exact) mass is 317 g/mol. The molecular formula is C13H20BrNOS. The van der Waals surface area contributed by atoms with Crippen LogP contribution in [0.5, 0.6) is 0 Å². The van der Waals surface area contributed by atoms with Crippen LogP contribution in [0.25, 0.3) is 0 Å². The van der Waals surface area contributed by atoms with Crippen molar-refractivity contribution in [1.82, 2.24) is 5.32 Å². The van der Waals surface area contributed by atoms with Crippen molar-refractivity contribution in [2.45, 2.75) is 32.2 Å². The lowest BCUT2D eigenvalue weighted by atomic mass is 9.97. The van der Waals surface area contributed by atoms with E-state index in [0.717, 1.165) is 6.54 Å². The van der Waals surface area contributed by atoms with Gasteiger partial charge in [-0.25, -0.2) is 0 Å². The summed E-state index contributed by atoms with van der Waals surface area (Å²) in [5, 5.41) is 12.9. The van der Waals surface area contributed by atoms with Gasteiger partial charge in [0.15, 0.2) is 0 Å². The van der Waals surface area contributed by atoms with Crippen molar-refractivity contribution in [2.75, 3.05) is 13.2 Å². The molecule has 2 N–H and O–H groups in total. The van der Waals surface area contributed by atoms with Crippen LogP contribution < -0.4 is 5.32 Å². The molecule has 0 aliphatic heterocycles. The molecule has 2 nitrogen and oxygen atoms in total. The number of hydrogen-bond donors (Lipinski definition) is 2. The maximum absolute atomic E-state index is 9.29. The molecule has 0 aromatic carbocycles. The van der Waals surface area contributed by atoms with E-state index < -0.39 is 0 Å². The highest BCUT2D eigenvalue weighted by atomic mass is 79.9. The minimum atomic E-state index is 0.352. The van der Waals surface area contributed by atoms with Crippen LogP contribution in [0.15, 0.2) is 15.9 Å². The molecule has 1 aliphatic rings. The van der Waals surface area contributed by atoms with Crippen molar-refractivity contribution in [3.63, 3.8) is 0 Å². The molecule has 1 heterocycles. The van der Waals surface area contributed by atoms with Gasteiger partial charge < -0.3 is 10.4 Å². The minimum absolute atomic E-state index is 0.352. The summed E-state index contributed by atoms with van der Waals surface area (Å²) in [5.41, 5.74) is 0. The first kappa shape index (κ1) is 13.5. The predicted octanol–water partition coefficient (Wildman–Crippen LogP) is 3.57. The van der Waals surface area contributed by atoms with Crippen molar-refractivity contribution in [3.8, 4) is 0 Å². The van der Waals surface area contributed by atoms with E-state index in [4.69, 9.17) is 0 Å². The zero-order chi connectivity index (χ0) is 12.3. The number of aliphatic hydroxyl groups excluding tert-OH is 1. The molecule has 3 unspecified atom stereocenters. The fourth-order valence-corrected chi connectivity index (χ4v) is 4.06. The molecule has 1 saturated carbocycles. The normalized spacial score (nSPS) is 26.3. The number of thiophene rings is 1. The quantitative estimate of drug-likeness (QED) is 0.870. The topological polar surface area (TPSA) is 32.3 Å². The van der Waals surface area contributed by atoms with Crippen LogP contribution in [-0.2, 0) is 0 Å². The van der Waals surface area contributed by atoms with Crippen LogP contribution in [0.4, 0.5) is 0 Å². The summed E-state index contributed by atoms with van der Waals surface area (Å²) in [6.07, 6.45) is 3.73. The van der Waals surface area contributed by atoms with Gasteiger partial charge in [0.25, 0.3) is 0 Å². The highest BCUT2D eigenvalue weighted by Crippen LogP contribution is 2.32. The average molecular weight is 318 g/mol. The van der Waals surface area contributed by atoms with E-state index >= 15 is 0 Å². The lowest BCUT2D eigenvalue weighted by Gasteiger charge is -2.20. The lowest BCUT2D eigenvalue weighted by Crippen LogP contribution is -2.28. The molecule has 1 aliphatic carbocycles. The zero-order valence-corrected chi connectivity index (χ0v) is 12.6. The Kier molecular flexibility index (Phi) is 5.03. The summed E-state index contributed by atoms with van der Waals surface area (Å²) in [6.45, 7) is 3.59. The van der Waals surface area contributed by atoms with Gasteiger partial charge in [-0.1, -0.05) is 6.42 Å². The van der Waals surface area contributed by atoms with Crippen molar-refractivity contribution in [1.29, 1.82) is 0 Å². The van der Waals surface area contributed by atoms with Crippen LogP contribution >= 0.6 is 27.3 Å². The second kappa shape index (κ2) is 6.32. The van der Waals surface area contributed by atoms with Gasteiger partial charge in [0.2, 0.25) is 0 Å². The molecule has 3 atom stereocenters. The summed E-state index contributed by atoms with van der Waals surface area (Å²) < 4.78 is 1.19. The Bertz CT molecular complexity index is 355. The first-order valence-corrected chi connectivity index (χ1v) is 7.91. The standard InChI is InChI=1S/C13H20BrNOS/c1-9(12-5-6-13(14)17-12)15-7-10-3-2-4-11(10)8-16/h5-6,9-11,15-16H,2-4,7-8H2,1H3. The summed E-state index contributed by atoms with van der Waals surface area (Å²) in [7, 11) is 0. The van der Waals surface area contributed by atoms with Crippen molar-refractivity contribution < 1.29 is 5.11 Å². The highest BCUT2D eigenvalue weighted by molar-refractivity contribution is 9.11.